The number of rotatable bonds is 1. The second-order valence-corrected chi connectivity index (χ2v) is 1.65. The summed E-state index contributed by atoms with van der Waals surface area (Å²) in [4.78, 5) is 3.58. The van der Waals surface area contributed by atoms with E-state index in [9.17, 15) is 4.39 Å². The summed E-state index contributed by atoms with van der Waals surface area (Å²) < 4.78 is 12.2. The van der Waals surface area contributed by atoms with Gasteiger partial charge in [-0.25, -0.2) is 4.39 Å². The van der Waals surface area contributed by atoms with E-state index in [-0.39, 0.29) is 0 Å². The van der Waals surface area contributed by atoms with E-state index in [4.69, 9.17) is 5.21 Å². The van der Waals surface area contributed by atoms with Crippen LogP contribution in [0, 0.1) is 5.82 Å². The van der Waals surface area contributed by atoms with Crippen molar-refractivity contribution in [2.24, 2.45) is 5.16 Å². The van der Waals surface area contributed by atoms with Gasteiger partial charge in [-0.3, -0.25) is 4.98 Å². The van der Waals surface area contributed by atoms with Crippen LogP contribution in [0.1, 0.15) is 5.69 Å². The Morgan fingerprint density at radius 3 is 2.90 bits per heavy atom. The summed E-state index contributed by atoms with van der Waals surface area (Å²) in [6, 6.07) is 2.65. The first-order valence-electron chi connectivity index (χ1n) is 2.62. The predicted molar refractivity (Wildman–Crippen MR) is 33.6 cm³/mol. The van der Waals surface area contributed by atoms with Crippen LogP contribution in [0.5, 0.6) is 0 Å². The molecule has 0 saturated heterocycles. The third kappa shape index (κ3) is 1.51. The van der Waals surface area contributed by atoms with Gasteiger partial charge in [-0.15, -0.1) is 0 Å². The van der Waals surface area contributed by atoms with E-state index in [1.807, 2.05) is 0 Å². The molecule has 0 bridgehead atoms. The molecule has 0 spiro atoms. The Bertz CT molecular complexity index is 232. The van der Waals surface area contributed by atoms with Gasteiger partial charge in [0.25, 0.3) is 0 Å². The average molecular weight is 140 g/mol. The molecule has 1 heterocycles. The van der Waals surface area contributed by atoms with Crippen molar-refractivity contribution in [1.82, 2.24) is 4.98 Å². The van der Waals surface area contributed by atoms with Gasteiger partial charge in [-0.2, -0.15) is 0 Å². The molecule has 4 heteroatoms. The zero-order valence-corrected chi connectivity index (χ0v) is 5.03. The fraction of sp³-hybridized carbons (Fsp3) is 0. The number of aromatic nitrogens is 1. The number of nitrogens with zero attached hydrogens (tertiary/aromatic N) is 2. The van der Waals surface area contributed by atoms with Gasteiger partial charge in [0.15, 0.2) is 0 Å². The zero-order valence-electron chi connectivity index (χ0n) is 5.03. The topological polar surface area (TPSA) is 45.5 Å². The highest BCUT2D eigenvalue weighted by Gasteiger charge is 1.89. The molecule has 0 aromatic carbocycles. The van der Waals surface area contributed by atoms with Crippen LogP contribution >= 0.6 is 0 Å². The molecule has 0 aliphatic carbocycles. The molecule has 1 rings (SSSR count). The van der Waals surface area contributed by atoms with Crippen molar-refractivity contribution in [3.63, 3.8) is 0 Å². The molecule has 1 N–H and O–H groups in total. The Balaban J connectivity index is 2.89. The van der Waals surface area contributed by atoms with Gasteiger partial charge in [0.1, 0.15) is 5.82 Å². The predicted octanol–water partition coefficient (Wildman–Crippen LogP) is 1.03. The van der Waals surface area contributed by atoms with Crippen LogP contribution < -0.4 is 0 Å². The van der Waals surface area contributed by atoms with Crippen LogP contribution in [0.4, 0.5) is 4.39 Å². The number of hydrogen-bond donors (Lipinski definition) is 1. The lowest BCUT2D eigenvalue weighted by Gasteiger charge is -1.87. The molecule has 10 heavy (non-hydrogen) atoms. The lowest BCUT2D eigenvalue weighted by atomic mass is 10.4. The first kappa shape index (κ1) is 6.67. The van der Waals surface area contributed by atoms with Crippen molar-refractivity contribution >= 4 is 6.21 Å². The van der Waals surface area contributed by atoms with Crippen molar-refractivity contribution in [2.45, 2.75) is 0 Å². The van der Waals surface area contributed by atoms with Gasteiger partial charge in [-0.05, 0) is 12.1 Å². The minimum atomic E-state index is -0.407. The lowest BCUT2D eigenvalue weighted by Crippen LogP contribution is -1.86. The fourth-order valence-corrected chi connectivity index (χ4v) is 0.523. The molecular weight excluding hydrogens is 135 g/mol. The monoisotopic (exact) mass is 140 g/mol. The Morgan fingerprint density at radius 2 is 2.40 bits per heavy atom. The molecule has 1 aromatic rings. The number of oxime groups is 1. The quantitative estimate of drug-likeness (QED) is 0.359. The van der Waals surface area contributed by atoms with Crippen molar-refractivity contribution < 1.29 is 9.60 Å². The van der Waals surface area contributed by atoms with E-state index in [2.05, 4.69) is 10.1 Å². The van der Waals surface area contributed by atoms with E-state index in [1.54, 1.807) is 0 Å². The fourth-order valence-electron chi connectivity index (χ4n) is 0.523. The molecule has 0 radical (unpaired) electrons. The van der Waals surface area contributed by atoms with E-state index < -0.39 is 5.82 Å². The highest BCUT2D eigenvalue weighted by molar-refractivity contribution is 5.75. The highest BCUT2D eigenvalue weighted by atomic mass is 19.1. The van der Waals surface area contributed by atoms with Crippen molar-refractivity contribution in [2.75, 3.05) is 0 Å². The van der Waals surface area contributed by atoms with Gasteiger partial charge < -0.3 is 5.21 Å². The SMILES string of the molecule is O/N=C/c1ccc(F)cn1. The first-order chi connectivity index (χ1) is 4.83. The molecule has 52 valence electrons. The molecule has 0 aliphatic rings. The summed E-state index contributed by atoms with van der Waals surface area (Å²) in [5.74, 6) is -0.407. The normalized spacial score (nSPS) is 10.5. The Morgan fingerprint density at radius 1 is 1.60 bits per heavy atom. The molecule has 0 aliphatic heterocycles. The lowest BCUT2D eigenvalue weighted by molar-refractivity contribution is 0.321. The summed E-state index contributed by atoms with van der Waals surface area (Å²) in [6.45, 7) is 0. The minimum absolute atomic E-state index is 0.407. The summed E-state index contributed by atoms with van der Waals surface area (Å²) in [5, 5.41) is 10.8. The third-order valence-corrected chi connectivity index (χ3v) is 0.940. The van der Waals surface area contributed by atoms with Gasteiger partial charge in [0, 0.05) is 0 Å². The Hall–Kier alpha value is -1.45. The largest absolute Gasteiger partial charge is 0.411 e. The number of pyridine rings is 1. The zero-order chi connectivity index (χ0) is 7.40. The van der Waals surface area contributed by atoms with E-state index in [1.165, 1.54) is 12.1 Å². The van der Waals surface area contributed by atoms with Crippen LogP contribution in [0.25, 0.3) is 0 Å². The van der Waals surface area contributed by atoms with Gasteiger partial charge in [-0.1, -0.05) is 5.16 Å². The maximum absolute atomic E-state index is 12.2. The third-order valence-electron chi connectivity index (χ3n) is 0.940. The standard InChI is InChI=1S/C6H5FN2O/c7-5-1-2-6(4-9-10)8-3-5/h1-4,10H/b9-4+. The van der Waals surface area contributed by atoms with Crippen LogP contribution in [-0.2, 0) is 0 Å². The molecule has 0 saturated carbocycles. The summed E-state index contributed by atoms with van der Waals surface area (Å²) in [6.07, 6.45) is 2.18. The maximum atomic E-state index is 12.2. The molecule has 3 nitrogen and oxygen atoms in total. The molecule has 0 atom stereocenters. The second-order valence-electron chi connectivity index (χ2n) is 1.65. The van der Waals surface area contributed by atoms with E-state index in [0.29, 0.717) is 5.69 Å². The Labute approximate surface area is 56.8 Å². The highest BCUT2D eigenvalue weighted by Crippen LogP contribution is 1.94. The van der Waals surface area contributed by atoms with Crippen LogP contribution in [-0.4, -0.2) is 16.4 Å². The smallest absolute Gasteiger partial charge is 0.141 e. The summed E-state index contributed by atoms with van der Waals surface area (Å²) in [5.41, 5.74) is 0.420. The van der Waals surface area contributed by atoms with Crippen molar-refractivity contribution in [3.05, 3.63) is 29.8 Å². The van der Waals surface area contributed by atoms with Gasteiger partial charge in [0.2, 0.25) is 0 Å². The molecule has 1 aromatic heterocycles. The molecule has 0 unspecified atom stereocenters. The van der Waals surface area contributed by atoms with E-state index in [0.717, 1.165) is 12.4 Å². The Kier molecular flexibility index (Phi) is 1.94. The minimum Gasteiger partial charge on any atom is -0.411 e. The van der Waals surface area contributed by atoms with Crippen molar-refractivity contribution in [3.8, 4) is 0 Å². The van der Waals surface area contributed by atoms with Crippen LogP contribution in [0.15, 0.2) is 23.5 Å². The number of halogens is 1. The number of hydrogen-bond acceptors (Lipinski definition) is 3. The van der Waals surface area contributed by atoms with Crippen LogP contribution in [0.2, 0.25) is 0 Å². The van der Waals surface area contributed by atoms with Crippen molar-refractivity contribution in [1.29, 1.82) is 0 Å². The van der Waals surface area contributed by atoms with Gasteiger partial charge in [0.05, 0.1) is 18.1 Å². The molecular formula is C6H5FN2O. The maximum Gasteiger partial charge on any atom is 0.141 e. The summed E-state index contributed by atoms with van der Waals surface area (Å²) in [7, 11) is 0. The first-order valence-corrected chi connectivity index (χ1v) is 2.62. The average Bonchev–Trinajstić information content (AvgIpc) is 1.95. The molecule has 0 fully saturated rings. The second kappa shape index (κ2) is 2.91. The van der Waals surface area contributed by atoms with Crippen LogP contribution in [0.3, 0.4) is 0 Å². The summed E-state index contributed by atoms with van der Waals surface area (Å²) >= 11 is 0. The van der Waals surface area contributed by atoms with E-state index >= 15 is 0 Å². The molecule has 0 amide bonds. The van der Waals surface area contributed by atoms with Gasteiger partial charge >= 0.3 is 0 Å².